The monoisotopic (exact) mass is 249 g/mol. The number of carbonyl (C=O) groups is 1. The molecule has 4 nitrogen and oxygen atoms in total. The zero-order valence-electron chi connectivity index (χ0n) is 9.50. The highest BCUT2D eigenvalue weighted by Crippen LogP contribution is 2.36. The number of aliphatic hydroxyl groups is 1. The van der Waals surface area contributed by atoms with Gasteiger partial charge in [-0.25, -0.2) is 0 Å². The summed E-state index contributed by atoms with van der Waals surface area (Å²) >= 11 is 0. The summed E-state index contributed by atoms with van der Waals surface area (Å²) in [5, 5.41) is 19.2. The van der Waals surface area contributed by atoms with Crippen LogP contribution in [-0.4, -0.2) is 46.3 Å². The molecule has 3 aliphatic rings. The predicted octanol–water partition coefficient (Wildman–Crippen LogP) is 0.974. The Hall–Kier alpha value is -0.320. The summed E-state index contributed by atoms with van der Waals surface area (Å²) in [5.41, 5.74) is 0. The van der Waals surface area contributed by atoms with Crippen LogP contribution in [0.4, 0.5) is 0 Å². The van der Waals surface area contributed by atoms with Crippen molar-refractivity contribution >= 4 is 18.4 Å². The van der Waals surface area contributed by atoms with E-state index in [0.29, 0.717) is 12.3 Å². The third-order valence-electron chi connectivity index (χ3n) is 4.00. The van der Waals surface area contributed by atoms with E-state index in [-0.39, 0.29) is 18.4 Å². The molecule has 94 valence electrons. The minimum absolute atomic E-state index is 0. The highest BCUT2D eigenvalue weighted by molar-refractivity contribution is 5.85. The molecule has 2 bridgehead atoms. The summed E-state index contributed by atoms with van der Waals surface area (Å²) in [4.78, 5) is 13.3. The van der Waals surface area contributed by atoms with Gasteiger partial charge in [-0.1, -0.05) is 6.92 Å². The smallest absolute Gasteiger partial charge is 0.308 e. The van der Waals surface area contributed by atoms with Gasteiger partial charge in [-0.3, -0.25) is 9.69 Å². The number of fused-ring (bicyclic) bond motifs is 3. The number of hydrogen-bond acceptors (Lipinski definition) is 3. The second-order valence-electron chi connectivity index (χ2n) is 4.71. The van der Waals surface area contributed by atoms with Crippen molar-refractivity contribution in [2.75, 3.05) is 13.1 Å². The lowest BCUT2D eigenvalue weighted by Gasteiger charge is -2.50. The molecule has 3 saturated heterocycles. The van der Waals surface area contributed by atoms with Gasteiger partial charge in [0.1, 0.15) is 0 Å². The average Bonchev–Trinajstić information content (AvgIpc) is 2.23. The maximum atomic E-state index is 11.1. The van der Waals surface area contributed by atoms with Gasteiger partial charge in [-0.05, 0) is 38.3 Å². The fourth-order valence-electron chi connectivity index (χ4n) is 3.11. The Morgan fingerprint density at radius 3 is 2.38 bits per heavy atom. The second kappa shape index (κ2) is 5.34. The van der Waals surface area contributed by atoms with Crippen LogP contribution in [-0.2, 0) is 4.79 Å². The Balaban J connectivity index is 0.00000128. The highest BCUT2D eigenvalue weighted by Gasteiger charge is 2.46. The van der Waals surface area contributed by atoms with Gasteiger partial charge in [0.25, 0.3) is 0 Å². The molecule has 3 fully saturated rings. The number of piperidine rings is 3. The zero-order chi connectivity index (χ0) is 11.0. The number of hydrogen-bond donors (Lipinski definition) is 2. The lowest BCUT2D eigenvalue weighted by atomic mass is 9.75. The first-order valence-corrected chi connectivity index (χ1v) is 5.80. The fraction of sp³-hybridized carbons (Fsp3) is 0.909. The van der Waals surface area contributed by atoms with Gasteiger partial charge in [0.05, 0.1) is 12.0 Å². The summed E-state index contributed by atoms with van der Waals surface area (Å²) in [6, 6.07) is -0.153. The molecule has 3 atom stereocenters. The molecule has 0 radical (unpaired) electrons. The first kappa shape index (κ1) is 13.7. The molecule has 2 N–H and O–H groups in total. The maximum absolute atomic E-state index is 11.1. The summed E-state index contributed by atoms with van der Waals surface area (Å²) < 4.78 is 0. The number of carboxylic acids is 1. The SMILES string of the molecule is CCC(C(=O)O)C1C(O)C2CCN1CC2.Cl. The first-order valence-electron chi connectivity index (χ1n) is 5.80. The quantitative estimate of drug-likeness (QED) is 0.783. The molecular formula is C11H20ClNO3. The largest absolute Gasteiger partial charge is 0.481 e. The molecule has 16 heavy (non-hydrogen) atoms. The normalized spacial score (nSPS) is 38.9. The van der Waals surface area contributed by atoms with Crippen LogP contribution >= 0.6 is 12.4 Å². The minimum Gasteiger partial charge on any atom is -0.481 e. The summed E-state index contributed by atoms with van der Waals surface area (Å²) in [6.07, 6.45) is 2.20. The predicted molar refractivity (Wildman–Crippen MR) is 62.8 cm³/mol. The number of carboxylic acid groups (broad SMARTS) is 1. The standard InChI is InChI=1S/C11H19NO3.ClH/c1-2-8(11(14)15)9-10(13)7-3-5-12(9)6-4-7;/h7-10,13H,2-6H2,1H3,(H,14,15);1H. The van der Waals surface area contributed by atoms with Crippen LogP contribution in [0.1, 0.15) is 26.2 Å². The number of rotatable bonds is 3. The molecule has 0 aliphatic carbocycles. The molecule has 3 heterocycles. The number of halogens is 1. The number of nitrogens with zero attached hydrogens (tertiary/aromatic N) is 1. The van der Waals surface area contributed by atoms with Crippen LogP contribution in [0.3, 0.4) is 0 Å². The van der Waals surface area contributed by atoms with Crippen LogP contribution in [0.2, 0.25) is 0 Å². The molecule has 3 rings (SSSR count). The van der Waals surface area contributed by atoms with E-state index in [9.17, 15) is 9.90 Å². The average molecular weight is 250 g/mol. The van der Waals surface area contributed by atoms with E-state index in [0.717, 1.165) is 25.9 Å². The lowest BCUT2D eigenvalue weighted by molar-refractivity contribution is -0.154. The molecule has 3 unspecified atom stereocenters. The second-order valence-corrected chi connectivity index (χ2v) is 4.71. The molecule has 0 saturated carbocycles. The third kappa shape index (κ3) is 2.19. The van der Waals surface area contributed by atoms with E-state index in [1.165, 1.54) is 0 Å². The molecular weight excluding hydrogens is 230 g/mol. The van der Waals surface area contributed by atoms with Crippen molar-refractivity contribution in [3.05, 3.63) is 0 Å². The lowest BCUT2D eigenvalue weighted by Crippen LogP contribution is -2.61. The molecule has 0 spiro atoms. The fourth-order valence-corrected chi connectivity index (χ4v) is 3.11. The minimum atomic E-state index is -0.769. The summed E-state index contributed by atoms with van der Waals surface area (Å²) in [5.74, 6) is -0.856. The molecule has 0 aromatic carbocycles. The van der Waals surface area contributed by atoms with E-state index >= 15 is 0 Å². The van der Waals surface area contributed by atoms with Crippen molar-refractivity contribution < 1.29 is 15.0 Å². The molecule has 5 heteroatoms. The molecule has 0 aromatic rings. The molecule has 0 aromatic heterocycles. The van der Waals surface area contributed by atoms with Crippen LogP contribution < -0.4 is 0 Å². The first-order chi connectivity index (χ1) is 7.15. The van der Waals surface area contributed by atoms with Gasteiger partial charge in [0, 0.05) is 6.04 Å². The van der Waals surface area contributed by atoms with E-state index in [2.05, 4.69) is 4.90 Å². The van der Waals surface area contributed by atoms with E-state index in [1.54, 1.807) is 0 Å². The maximum Gasteiger partial charge on any atom is 0.308 e. The van der Waals surface area contributed by atoms with Crippen LogP contribution in [0.25, 0.3) is 0 Å². The van der Waals surface area contributed by atoms with E-state index in [1.807, 2.05) is 6.92 Å². The van der Waals surface area contributed by atoms with Gasteiger partial charge in [-0.2, -0.15) is 0 Å². The van der Waals surface area contributed by atoms with Crippen LogP contribution in [0, 0.1) is 11.8 Å². The topological polar surface area (TPSA) is 60.8 Å². The Bertz CT molecular complexity index is 252. The number of aliphatic carboxylic acids is 1. The van der Waals surface area contributed by atoms with Crippen molar-refractivity contribution in [3.63, 3.8) is 0 Å². The Morgan fingerprint density at radius 1 is 1.44 bits per heavy atom. The number of aliphatic hydroxyl groups excluding tert-OH is 1. The van der Waals surface area contributed by atoms with Gasteiger partial charge >= 0.3 is 5.97 Å². The van der Waals surface area contributed by atoms with Crippen molar-refractivity contribution in [1.82, 2.24) is 4.90 Å². The molecule has 3 aliphatic heterocycles. The van der Waals surface area contributed by atoms with Crippen LogP contribution in [0.5, 0.6) is 0 Å². The molecule has 0 amide bonds. The highest BCUT2D eigenvalue weighted by atomic mass is 35.5. The van der Waals surface area contributed by atoms with E-state index < -0.39 is 18.0 Å². The van der Waals surface area contributed by atoms with Gasteiger partial charge in [-0.15, -0.1) is 12.4 Å². The van der Waals surface area contributed by atoms with Gasteiger partial charge in [0.2, 0.25) is 0 Å². The summed E-state index contributed by atoms with van der Waals surface area (Å²) in [6.45, 7) is 3.79. The van der Waals surface area contributed by atoms with Crippen molar-refractivity contribution in [1.29, 1.82) is 0 Å². The Morgan fingerprint density at radius 2 is 2.00 bits per heavy atom. The summed E-state index contributed by atoms with van der Waals surface area (Å²) in [7, 11) is 0. The Labute approximate surface area is 102 Å². The van der Waals surface area contributed by atoms with Crippen molar-refractivity contribution in [2.24, 2.45) is 11.8 Å². The van der Waals surface area contributed by atoms with Crippen LogP contribution in [0.15, 0.2) is 0 Å². The van der Waals surface area contributed by atoms with Gasteiger partial charge < -0.3 is 10.2 Å². The van der Waals surface area contributed by atoms with E-state index in [4.69, 9.17) is 5.11 Å². The van der Waals surface area contributed by atoms with Crippen molar-refractivity contribution in [3.8, 4) is 0 Å². The zero-order valence-corrected chi connectivity index (χ0v) is 10.3. The third-order valence-corrected chi connectivity index (χ3v) is 4.00. The van der Waals surface area contributed by atoms with Gasteiger partial charge in [0.15, 0.2) is 0 Å². The Kier molecular flexibility index (Phi) is 4.59. The van der Waals surface area contributed by atoms with Crippen molar-refractivity contribution in [2.45, 2.75) is 38.3 Å².